The lowest BCUT2D eigenvalue weighted by atomic mass is 10.1. The van der Waals surface area contributed by atoms with E-state index in [2.05, 4.69) is 5.10 Å². The Balaban J connectivity index is 1.87. The van der Waals surface area contributed by atoms with E-state index in [0.717, 1.165) is 16.8 Å². The van der Waals surface area contributed by atoms with E-state index >= 15 is 0 Å². The number of hydrogen-bond donors (Lipinski definition) is 0. The maximum atomic E-state index is 12.7. The number of thioether (sulfide) groups is 1. The molecular weight excluding hydrogens is 417 g/mol. The molecule has 0 amide bonds. The highest BCUT2D eigenvalue weighted by Crippen LogP contribution is 2.30. The minimum Gasteiger partial charge on any atom is -0.483 e. The molecule has 3 aromatic rings. The molecule has 0 saturated carbocycles. The monoisotopic (exact) mass is 430 g/mol. The smallest absolute Gasteiger partial charge is 0.437 e. The Hall–Kier alpha value is -2.39. The van der Waals surface area contributed by atoms with Gasteiger partial charge in [-0.2, -0.15) is 17.9 Å². The van der Waals surface area contributed by atoms with E-state index in [4.69, 9.17) is 20.8 Å². The molecule has 0 N–H and O–H groups in total. The first-order valence-electron chi connectivity index (χ1n) is 7.93. The van der Waals surface area contributed by atoms with Gasteiger partial charge in [-0.15, -0.1) is 16.9 Å². The molecule has 0 fully saturated rings. The van der Waals surface area contributed by atoms with Gasteiger partial charge in [-0.3, -0.25) is 0 Å². The van der Waals surface area contributed by atoms with Crippen molar-refractivity contribution in [2.24, 2.45) is 0 Å². The van der Waals surface area contributed by atoms with Crippen molar-refractivity contribution in [3.05, 3.63) is 69.2 Å². The second-order valence-electron chi connectivity index (χ2n) is 5.71. The van der Waals surface area contributed by atoms with E-state index in [-0.39, 0.29) is 18.0 Å². The average molecular weight is 431 g/mol. The van der Waals surface area contributed by atoms with Gasteiger partial charge < -0.3 is 9.15 Å². The van der Waals surface area contributed by atoms with E-state index in [1.54, 1.807) is 18.2 Å². The molecule has 0 unspecified atom stereocenters. The first-order chi connectivity index (χ1) is 13.3. The lowest BCUT2D eigenvalue weighted by Crippen LogP contribution is -2.17. The maximum absolute atomic E-state index is 12.7. The minimum absolute atomic E-state index is 0.0350. The number of halogens is 4. The summed E-state index contributed by atoms with van der Waals surface area (Å²) >= 11 is 7.51. The van der Waals surface area contributed by atoms with Crippen molar-refractivity contribution in [3.8, 4) is 17.2 Å². The van der Waals surface area contributed by atoms with E-state index in [1.165, 1.54) is 23.9 Å². The molecule has 3 rings (SSSR count). The molecule has 0 spiro atoms. The molecule has 0 saturated heterocycles. The van der Waals surface area contributed by atoms with Crippen molar-refractivity contribution >= 4 is 23.4 Å². The molecule has 0 radical (unpaired) electrons. The lowest BCUT2D eigenvalue weighted by molar-refractivity contribution is -0.137. The lowest BCUT2D eigenvalue weighted by Gasteiger charge is -2.10. The molecule has 0 bridgehead atoms. The van der Waals surface area contributed by atoms with Gasteiger partial charge in [0.05, 0.1) is 12.1 Å². The Bertz CT molecular complexity index is 1020. The number of ether oxygens (including phenoxy) is 1. The minimum atomic E-state index is -4.45. The molecule has 0 aliphatic heterocycles. The molecule has 28 heavy (non-hydrogen) atoms. The van der Waals surface area contributed by atoms with Crippen molar-refractivity contribution in [1.82, 2.24) is 9.78 Å². The van der Waals surface area contributed by atoms with Crippen LogP contribution in [0, 0.1) is 0 Å². The zero-order chi connectivity index (χ0) is 20.3. The summed E-state index contributed by atoms with van der Waals surface area (Å²) in [5, 5.41) is 4.53. The van der Waals surface area contributed by atoms with Crippen LogP contribution in [0.5, 0.6) is 5.75 Å². The topological polar surface area (TPSA) is 57.3 Å². The fourth-order valence-electron chi connectivity index (χ4n) is 2.42. The first kappa shape index (κ1) is 20.3. The Kier molecular flexibility index (Phi) is 6.04. The number of nitrogens with zero attached hydrogens (tertiary/aromatic N) is 2. The summed E-state index contributed by atoms with van der Waals surface area (Å²) in [6.07, 6.45) is -2.56. The van der Waals surface area contributed by atoms with E-state index in [1.807, 2.05) is 6.26 Å². The first-order valence-corrected chi connectivity index (χ1v) is 9.71. The van der Waals surface area contributed by atoms with Crippen LogP contribution in [0.15, 0.2) is 51.7 Å². The van der Waals surface area contributed by atoms with Gasteiger partial charge in [0.2, 0.25) is 5.89 Å². The van der Waals surface area contributed by atoms with Crippen molar-refractivity contribution in [2.75, 3.05) is 12.2 Å². The Morgan fingerprint density at radius 2 is 1.93 bits per heavy atom. The molecule has 1 aromatic heterocycles. The van der Waals surface area contributed by atoms with Crippen LogP contribution in [-0.4, -0.2) is 22.0 Å². The quantitative estimate of drug-likeness (QED) is 0.519. The predicted octanol–water partition coefficient (Wildman–Crippen LogP) is 4.92. The van der Waals surface area contributed by atoms with Gasteiger partial charge in [-0.05, 0) is 48.7 Å². The largest absolute Gasteiger partial charge is 0.483 e. The number of alkyl halides is 3. The zero-order valence-corrected chi connectivity index (χ0v) is 16.1. The van der Waals surface area contributed by atoms with Crippen LogP contribution >= 0.6 is 23.4 Å². The molecule has 148 valence electrons. The number of hydrogen-bond acceptors (Lipinski definition) is 5. The van der Waals surface area contributed by atoms with Crippen molar-refractivity contribution in [3.63, 3.8) is 0 Å². The predicted molar refractivity (Wildman–Crippen MR) is 101 cm³/mol. The Labute approximate surface area is 167 Å². The molecular formula is C18H14ClF3N2O3S. The number of aromatic nitrogens is 2. The molecule has 2 aromatic carbocycles. The van der Waals surface area contributed by atoms with Gasteiger partial charge in [-0.1, -0.05) is 11.6 Å². The highest BCUT2D eigenvalue weighted by molar-refractivity contribution is 7.98. The molecule has 0 atom stereocenters. The van der Waals surface area contributed by atoms with E-state index in [0.29, 0.717) is 22.3 Å². The number of rotatable bonds is 6. The number of benzene rings is 2. The van der Waals surface area contributed by atoms with Gasteiger partial charge in [0, 0.05) is 16.1 Å². The fraction of sp³-hybridized carbons (Fsp3) is 0.222. The van der Waals surface area contributed by atoms with Crippen LogP contribution in [0.25, 0.3) is 11.5 Å². The molecule has 1 heterocycles. The van der Waals surface area contributed by atoms with Crippen molar-refractivity contribution < 1.29 is 22.3 Å². The molecule has 5 nitrogen and oxygen atoms in total. The van der Waals surface area contributed by atoms with Crippen LogP contribution in [0.2, 0.25) is 5.02 Å². The highest BCUT2D eigenvalue weighted by atomic mass is 35.5. The zero-order valence-electron chi connectivity index (χ0n) is 14.5. The Morgan fingerprint density at radius 1 is 1.21 bits per heavy atom. The van der Waals surface area contributed by atoms with Crippen LogP contribution in [-0.2, 0) is 12.7 Å². The molecule has 0 aliphatic rings. The SMILES string of the molecule is CSCOc1ccc(Cl)cc1Cn1nc(-c2ccc(C(F)(F)F)cc2)oc1=O. The summed E-state index contributed by atoms with van der Waals surface area (Å²) in [5.41, 5.74) is 0.0808. The van der Waals surface area contributed by atoms with Crippen molar-refractivity contribution in [2.45, 2.75) is 12.7 Å². The normalized spacial score (nSPS) is 11.6. The maximum Gasteiger partial charge on any atom is 0.437 e. The van der Waals surface area contributed by atoms with Crippen LogP contribution in [0.1, 0.15) is 11.1 Å². The van der Waals surface area contributed by atoms with Gasteiger partial charge in [-0.25, -0.2) is 4.79 Å². The second-order valence-corrected chi connectivity index (χ2v) is 6.96. The fourth-order valence-corrected chi connectivity index (χ4v) is 2.86. The highest BCUT2D eigenvalue weighted by Gasteiger charge is 2.30. The van der Waals surface area contributed by atoms with Gasteiger partial charge in [0.25, 0.3) is 0 Å². The van der Waals surface area contributed by atoms with Gasteiger partial charge in [0.15, 0.2) is 0 Å². The average Bonchev–Trinajstić information content (AvgIpc) is 3.01. The molecule has 10 heteroatoms. The summed E-state index contributed by atoms with van der Waals surface area (Å²) in [6.45, 7) is 0.0350. The third-order valence-corrected chi connectivity index (χ3v) is 4.33. The van der Waals surface area contributed by atoms with Crippen LogP contribution in [0.3, 0.4) is 0 Å². The van der Waals surface area contributed by atoms with Gasteiger partial charge >= 0.3 is 11.9 Å². The summed E-state index contributed by atoms with van der Waals surface area (Å²) in [4.78, 5) is 12.1. The third-order valence-electron chi connectivity index (χ3n) is 3.74. The van der Waals surface area contributed by atoms with Crippen molar-refractivity contribution in [1.29, 1.82) is 0 Å². The van der Waals surface area contributed by atoms with Crippen LogP contribution < -0.4 is 10.5 Å². The second kappa shape index (κ2) is 8.32. The van der Waals surface area contributed by atoms with Gasteiger partial charge in [0.1, 0.15) is 11.7 Å². The van der Waals surface area contributed by atoms with E-state index in [9.17, 15) is 18.0 Å². The van der Waals surface area contributed by atoms with E-state index < -0.39 is 17.5 Å². The summed E-state index contributed by atoms with van der Waals surface area (Å²) in [7, 11) is 0. The third kappa shape index (κ3) is 4.71. The Morgan fingerprint density at radius 3 is 2.57 bits per heavy atom. The summed E-state index contributed by atoms with van der Waals surface area (Å²) in [5.74, 6) is 0.141. The summed E-state index contributed by atoms with van der Waals surface area (Å²) < 4.78 is 49.8. The van der Waals surface area contributed by atoms with Crippen LogP contribution in [0.4, 0.5) is 13.2 Å². The summed E-state index contributed by atoms with van der Waals surface area (Å²) in [6, 6.07) is 9.21. The molecule has 0 aliphatic carbocycles. The standard InChI is InChI=1S/C18H14ClF3N2O3S/c1-28-10-26-15-7-6-14(19)8-12(15)9-24-17(25)27-16(23-24)11-2-4-13(5-3-11)18(20,21)22/h2-8H,9-10H2,1H3.